The molecule has 0 bridgehead atoms. The lowest BCUT2D eigenvalue weighted by Crippen LogP contribution is -2.22. The van der Waals surface area contributed by atoms with Crippen molar-refractivity contribution in [2.24, 2.45) is 0 Å². The molecule has 96 valence electrons. The molecule has 1 N–H and O–H groups in total. The Kier molecular flexibility index (Phi) is 5.28. The molecule has 0 amide bonds. The molecule has 0 atom stereocenters. The van der Waals surface area contributed by atoms with Gasteiger partial charge in [0.25, 0.3) is 0 Å². The molecule has 0 heterocycles. The summed E-state index contributed by atoms with van der Waals surface area (Å²) in [6.45, 7) is 3.11. The Bertz CT molecular complexity index is 346. The van der Waals surface area contributed by atoms with Gasteiger partial charge in [0.1, 0.15) is 13.3 Å². The molecule has 0 radical (unpaired) electrons. The largest absolute Gasteiger partial charge is 0.485 e. The summed E-state index contributed by atoms with van der Waals surface area (Å²) < 4.78 is 43.4. The zero-order chi connectivity index (χ0) is 12.8. The first kappa shape index (κ1) is 13.8. The highest BCUT2D eigenvalue weighted by atomic mass is 19.1. The molecule has 17 heavy (non-hydrogen) atoms. The summed E-state index contributed by atoms with van der Waals surface area (Å²) >= 11 is 0. The molecule has 0 aromatic heterocycles. The van der Waals surface area contributed by atoms with Crippen molar-refractivity contribution in [3.8, 4) is 5.75 Å². The van der Waals surface area contributed by atoms with Crippen LogP contribution in [0.25, 0.3) is 0 Å². The molecule has 0 saturated carbocycles. The van der Waals surface area contributed by atoms with E-state index in [4.69, 9.17) is 0 Å². The quantitative estimate of drug-likeness (QED) is 0.834. The second kappa shape index (κ2) is 6.49. The maximum Gasteiger partial charge on any atom is 0.190 e. The van der Waals surface area contributed by atoms with Crippen molar-refractivity contribution in [1.82, 2.24) is 5.32 Å². The van der Waals surface area contributed by atoms with Gasteiger partial charge in [0.05, 0.1) is 0 Å². The van der Waals surface area contributed by atoms with Crippen molar-refractivity contribution in [1.29, 1.82) is 0 Å². The van der Waals surface area contributed by atoms with Crippen molar-refractivity contribution in [3.05, 3.63) is 29.3 Å². The topological polar surface area (TPSA) is 21.3 Å². The van der Waals surface area contributed by atoms with E-state index in [0.717, 1.165) is 0 Å². The van der Waals surface area contributed by atoms with Crippen molar-refractivity contribution in [2.75, 3.05) is 13.3 Å². The van der Waals surface area contributed by atoms with Crippen molar-refractivity contribution >= 4 is 0 Å². The Labute approximate surface area is 98.8 Å². The minimum absolute atomic E-state index is 0.226. The lowest BCUT2D eigenvalue weighted by Gasteiger charge is -2.11. The maximum absolute atomic E-state index is 13.4. The Hall–Kier alpha value is -1.23. The Morgan fingerprint density at radius 1 is 1.24 bits per heavy atom. The number of alkyl halides is 1. The number of ether oxygens (including phenoxy) is 1. The van der Waals surface area contributed by atoms with E-state index in [9.17, 15) is 13.2 Å². The summed E-state index contributed by atoms with van der Waals surface area (Å²) in [6, 6.07) is 2.60. The third-order valence-corrected chi connectivity index (χ3v) is 2.10. The van der Waals surface area contributed by atoms with Gasteiger partial charge in [-0.1, -0.05) is 13.8 Å². The average molecular weight is 247 g/mol. The Balaban J connectivity index is 2.78. The Morgan fingerprint density at radius 3 is 2.29 bits per heavy atom. The lowest BCUT2D eigenvalue weighted by molar-refractivity contribution is 0.251. The molecule has 0 aliphatic rings. The van der Waals surface area contributed by atoms with Crippen LogP contribution in [-0.4, -0.2) is 19.3 Å². The van der Waals surface area contributed by atoms with E-state index in [1.54, 1.807) is 0 Å². The molecule has 0 fully saturated rings. The fourth-order valence-electron chi connectivity index (χ4n) is 1.31. The molecule has 1 aromatic carbocycles. The summed E-state index contributed by atoms with van der Waals surface area (Å²) in [5.74, 6) is -2.13. The van der Waals surface area contributed by atoms with Crippen LogP contribution in [0.2, 0.25) is 0 Å². The summed E-state index contributed by atoms with van der Waals surface area (Å²) in [6.07, 6.45) is 0. The monoisotopic (exact) mass is 247 g/mol. The first-order valence-electron chi connectivity index (χ1n) is 5.44. The van der Waals surface area contributed by atoms with Gasteiger partial charge >= 0.3 is 0 Å². The van der Waals surface area contributed by atoms with Crippen LogP contribution in [0.3, 0.4) is 0 Å². The van der Waals surface area contributed by atoms with Crippen LogP contribution in [0, 0.1) is 11.6 Å². The fraction of sp³-hybridized carbons (Fsp3) is 0.500. The van der Waals surface area contributed by atoms with E-state index in [-0.39, 0.29) is 12.6 Å². The highest BCUT2D eigenvalue weighted by Crippen LogP contribution is 2.23. The molecule has 2 nitrogen and oxygen atoms in total. The van der Waals surface area contributed by atoms with Crippen molar-refractivity contribution < 1.29 is 17.9 Å². The smallest absolute Gasteiger partial charge is 0.190 e. The SMILES string of the molecule is CC(C)NCc1cc(F)c(OCCF)c(F)c1. The van der Waals surface area contributed by atoms with Gasteiger partial charge in [0.2, 0.25) is 0 Å². The van der Waals surface area contributed by atoms with Crippen LogP contribution >= 0.6 is 0 Å². The second-order valence-electron chi connectivity index (χ2n) is 3.96. The van der Waals surface area contributed by atoms with E-state index >= 15 is 0 Å². The number of halogens is 3. The van der Waals surface area contributed by atoms with Gasteiger partial charge in [-0.2, -0.15) is 0 Å². The van der Waals surface area contributed by atoms with E-state index in [1.165, 1.54) is 12.1 Å². The molecule has 0 unspecified atom stereocenters. The zero-order valence-corrected chi connectivity index (χ0v) is 9.90. The van der Waals surface area contributed by atoms with Crippen molar-refractivity contribution in [3.63, 3.8) is 0 Å². The maximum atomic E-state index is 13.4. The first-order chi connectivity index (χ1) is 8.04. The Morgan fingerprint density at radius 2 is 1.82 bits per heavy atom. The normalized spacial score (nSPS) is 10.9. The predicted molar refractivity (Wildman–Crippen MR) is 59.8 cm³/mol. The average Bonchev–Trinajstić information content (AvgIpc) is 2.25. The summed E-state index contributed by atoms with van der Waals surface area (Å²) in [5, 5.41) is 3.04. The molecular weight excluding hydrogens is 231 g/mol. The molecule has 0 aliphatic heterocycles. The van der Waals surface area contributed by atoms with Gasteiger partial charge in [0, 0.05) is 12.6 Å². The summed E-state index contributed by atoms with van der Waals surface area (Å²) in [4.78, 5) is 0. The molecule has 5 heteroatoms. The minimum atomic E-state index is -0.806. The van der Waals surface area contributed by atoms with Gasteiger partial charge < -0.3 is 10.1 Å². The molecular formula is C12H16F3NO. The van der Waals surface area contributed by atoms with Gasteiger partial charge in [-0.05, 0) is 17.7 Å². The highest BCUT2D eigenvalue weighted by Gasteiger charge is 2.12. The van der Waals surface area contributed by atoms with Crippen LogP contribution in [-0.2, 0) is 6.54 Å². The van der Waals surface area contributed by atoms with Crippen LogP contribution in [0.5, 0.6) is 5.75 Å². The molecule has 0 aliphatic carbocycles. The van der Waals surface area contributed by atoms with Gasteiger partial charge in [-0.25, -0.2) is 13.2 Å². The van der Waals surface area contributed by atoms with E-state index in [0.29, 0.717) is 12.1 Å². The number of rotatable bonds is 6. The van der Waals surface area contributed by atoms with Crippen LogP contribution in [0.4, 0.5) is 13.2 Å². The zero-order valence-electron chi connectivity index (χ0n) is 9.90. The molecule has 0 saturated heterocycles. The summed E-state index contributed by atoms with van der Waals surface area (Å²) in [7, 11) is 0. The third kappa shape index (κ3) is 4.26. The molecule has 0 spiro atoms. The number of hydrogen-bond donors (Lipinski definition) is 1. The number of hydrogen-bond acceptors (Lipinski definition) is 2. The summed E-state index contributed by atoms with van der Waals surface area (Å²) in [5.41, 5.74) is 0.487. The van der Waals surface area contributed by atoms with Crippen LogP contribution < -0.4 is 10.1 Å². The minimum Gasteiger partial charge on any atom is -0.485 e. The fourth-order valence-corrected chi connectivity index (χ4v) is 1.31. The van der Waals surface area contributed by atoms with Crippen molar-refractivity contribution in [2.45, 2.75) is 26.4 Å². The second-order valence-corrected chi connectivity index (χ2v) is 3.96. The van der Waals surface area contributed by atoms with Gasteiger partial charge in [-0.3, -0.25) is 0 Å². The highest BCUT2D eigenvalue weighted by molar-refractivity contribution is 5.31. The van der Waals surface area contributed by atoms with E-state index in [2.05, 4.69) is 10.1 Å². The molecule has 1 rings (SSSR count). The number of benzene rings is 1. The van der Waals surface area contributed by atoms with E-state index in [1.807, 2.05) is 13.8 Å². The number of nitrogens with one attached hydrogen (secondary N) is 1. The van der Waals surface area contributed by atoms with Crippen LogP contribution in [0.15, 0.2) is 12.1 Å². The van der Waals surface area contributed by atoms with Gasteiger partial charge in [0.15, 0.2) is 17.4 Å². The third-order valence-electron chi connectivity index (χ3n) is 2.10. The van der Waals surface area contributed by atoms with Crippen LogP contribution in [0.1, 0.15) is 19.4 Å². The van der Waals surface area contributed by atoms with Gasteiger partial charge in [-0.15, -0.1) is 0 Å². The standard InChI is InChI=1S/C12H16F3NO/c1-8(2)16-7-9-5-10(14)12(11(15)6-9)17-4-3-13/h5-6,8,16H,3-4,7H2,1-2H3. The first-order valence-corrected chi connectivity index (χ1v) is 5.44. The predicted octanol–water partition coefficient (Wildman–Crippen LogP) is 2.81. The van der Waals surface area contributed by atoms with E-state index < -0.39 is 24.1 Å². The molecule has 1 aromatic rings. The lowest BCUT2D eigenvalue weighted by atomic mass is 10.2.